The first-order valence-electron chi connectivity index (χ1n) is 2.02. The molecule has 0 spiro atoms. The smallest absolute Gasteiger partial charge is 0.0586 e. The van der Waals surface area contributed by atoms with Crippen molar-refractivity contribution in [3.8, 4) is 0 Å². The van der Waals surface area contributed by atoms with Crippen molar-refractivity contribution >= 4 is 23.2 Å². The number of hydrogen-bond donors (Lipinski definition) is 0. The number of rotatable bonds is 2. The van der Waals surface area contributed by atoms with Crippen molar-refractivity contribution < 1.29 is 0 Å². The van der Waals surface area contributed by atoms with E-state index >= 15 is 0 Å². The SMILES string of the molecule is C=C/C(Cl)=C(/Cl)C=C. The summed E-state index contributed by atoms with van der Waals surface area (Å²) in [4.78, 5) is 0. The zero-order valence-corrected chi connectivity index (χ0v) is 5.84. The molecule has 0 saturated carbocycles. The van der Waals surface area contributed by atoms with Crippen LogP contribution in [-0.2, 0) is 0 Å². The monoisotopic (exact) mass is 148 g/mol. The molecular formula is C6H6Cl2. The van der Waals surface area contributed by atoms with Crippen molar-refractivity contribution in [2.45, 2.75) is 0 Å². The fourth-order valence-electron chi connectivity index (χ4n) is 0.195. The van der Waals surface area contributed by atoms with Crippen LogP contribution in [-0.4, -0.2) is 0 Å². The highest BCUT2D eigenvalue weighted by Crippen LogP contribution is 2.14. The molecule has 0 aliphatic carbocycles. The molecule has 0 fully saturated rings. The van der Waals surface area contributed by atoms with Gasteiger partial charge in [-0.15, -0.1) is 0 Å². The minimum absolute atomic E-state index is 0.432. The van der Waals surface area contributed by atoms with Gasteiger partial charge in [-0.2, -0.15) is 0 Å². The number of hydrogen-bond acceptors (Lipinski definition) is 0. The lowest BCUT2D eigenvalue weighted by Crippen LogP contribution is -1.64. The molecule has 0 bridgehead atoms. The molecule has 0 heterocycles. The van der Waals surface area contributed by atoms with E-state index in [-0.39, 0.29) is 0 Å². The second-order valence-electron chi connectivity index (χ2n) is 1.10. The van der Waals surface area contributed by atoms with E-state index in [0.29, 0.717) is 10.1 Å². The molecule has 0 radical (unpaired) electrons. The molecule has 2 heteroatoms. The quantitative estimate of drug-likeness (QED) is 0.529. The van der Waals surface area contributed by atoms with Crippen LogP contribution in [0, 0.1) is 0 Å². The molecule has 0 amide bonds. The maximum Gasteiger partial charge on any atom is 0.0586 e. The van der Waals surface area contributed by atoms with Gasteiger partial charge in [-0.1, -0.05) is 36.4 Å². The molecule has 0 aromatic rings. The van der Waals surface area contributed by atoms with Gasteiger partial charge in [-0.05, 0) is 12.2 Å². The van der Waals surface area contributed by atoms with Crippen LogP contribution in [0.25, 0.3) is 0 Å². The molecule has 0 saturated heterocycles. The van der Waals surface area contributed by atoms with E-state index in [1.165, 1.54) is 12.2 Å². The molecule has 0 atom stereocenters. The number of allylic oxidation sites excluding steroid dienone is 4. The van der Waals surface area contributed by atoms with Gasteiger partial charge in [-0.3, -0.25) is 0 Å². The van der Waals surface area contributed by atoms with Gasteiger partial charge in [-0.25, -0.2) is 0 Å². The van der Waals surface area contributed by atoms with Crippen LogP contribution in [0.3, 0.4) is 0 Å². The highest BCUT2D eigenvalue weighted by atomic mass is 35.5. The average Bonchev–Trinajstić information content (AvgIpc) is 1.84. The van der Waals surface area contributed by atoms with Gasteiger partial charge in [0.05, 0.1) is 10.1 Å². The second-order valence-corrected chi connectivity index (χ2v) is 1.92. The van der Waals surface area contributed by atoms with Crippen LogP contribution in [0.1, 0.15) is 0 Å². The minimum atomic E-state index is 0.432. The van der Waals surface area contributed by atoms with Crippen molar-refractivity contribution in [1.82, 2.24) is 0 Å². The maximum absolute atomic E-state index is 5.47. The van der Waals surface area contributed by atoms with E-state index in [0.717, 1.165) is 0 Å². The fraction of sp³-hybridized carbons (Fsp3) is 0. The molecular weight excluding hydrogens is 143 g/mol. The standard InChI is InChI=1S/C6H6Cl2/c1-3-5(7)6(8)4-2/h3-4H,1-2H2/b6-5-. The molecule has 0 nitrogen and oxygen atoms in total. The second kappa shape index (κ2) is 3.76. The normalized spacial score (nSPS) is 12.2. The Hall–Kier alpha value is -0.200. The van der Waals surface area contributed by atoms with Crippen molar-refractivity contribution in [3.05, 3.63) is 35.4 Å². The van der Waals surface area contributed by atoms with Crippen molar-refractivity contribution in [2.24, 2.45) is 0 Å². The molecule has 0 aromatic heterocycles. The van der Waals surface area contributed by atoms with E-state index in [9.17, 15) is 0 Å². The predicted octanol–water partition coefficient (Wildman–Crippen LogP) is 3.05. The average molecular weight is 149 g/mol. The largest absolute Gasteiger partial charge is 0.0975 e. The summed E-state index contributed by atoms with van der Waals surface area (Å²) in [6.07, 6.45) is 2.93. The van der Waals surface area contributed by atoms with E-state index in [4.69, 9.17) is 23.2 Å². The van der Waals surface area contributed by atoms with E-state index < -0.39 is 0 Å². The van der Waals surface area contributed by atoms with Crippen LogP contribution in [0.15, 0.2) is 35.4 Å². The molecule has 0 aliphatic heterocycles. The van der Waals surface area contributed by atoms with E-state index in [1.54, 1.807) is 0 Å². The Morgan fingerprint density at radius 3 is 1.38 bits per heavy atom. The first-order valence-corrected chi connectivity index (χ1v) is 2.78. The van der Waals surface area contributed by atoms with Crippen LogP contribution >= 0.6 is 23.2 Å². The molecule has 8 heavy (non-hydrogen) atoms. The van der Waals surface area contributed by atoms with Gasteiger partial charge in [0, 0.05) is 0 Å². The Labute approximate surface area is 59.1 Å². The Morgan fingerprint density at radius 2 is 1.25 bits per heavy atom. The van der Waals surface area contributed by atoms with Gasteiger partial charge < -0.3 is 0 Å². The summed E-state index contributed by atoms with van der Waals surface area (Å²) >= 11 is 10.9. The van der Waals surface area contributed by atoms with Crippen LogP contribution in [0.4, 0.5) is 0 Å². The zero-order valence-electron chi connectivity index (χ0n) is 4.32. The van der Waals surface area contributed by atoms with Crippen LogP contribution < -0.4 is 0 Å². The number of halogens is 2. The Balaban J connectivity index is 4.25. The van der Waals surface area contributed by atoms with Crippen molar-refractivity contribution in [1.29, 1.82) is 0 Å². The topological polar surface area (TPSA) is 0 Å². The summed E-state index contributed by atoms with van der Waals surface area (Å²) in [6, 6.07) is 0. The summed E-state index contributed by atoms with van der Waals surface area (Å²) in [5.41, 5.74) is 0. The third-order valence-corrected chi connectivity index (χ3v) is 1.40. The Morgan fingerprint density at radius 1 is 1.00 bits per heavy atom. The Bertz CT molecular complexity index is 117. The van der Waals surface area contributed by atoms with Gasteiger partial charge in [0.1, 0.15) is 0 Å². The molecule has 0 aromatic carbocycles. The lowest BCUT2D eigenvalue weighted by Gasteiger charge is -1.86. The van der Waals surface area contributed by atoms with Crippen molar-refractivity contribution in [3.63, 3.8) is 0 Å². The molecule has 0 rings (SSSR count). The summed E-state index contributed by atoms with van der Waals surface area (Å²) < 4.78 is 0. The summed E-state index contributed by atoms with van der Waals surface area (Å²) in [7, 11) is 0. The third kappa shape index (κ3) is 2.20. The molecule has 0 aliphatic rings. The Kier molecular flexibility index (Phi) is 3.67. The highest BCUT2D eigenvalue weighted by molar-refractivity contribution is 6.41. The van der Waals surface area contributed by atoms with E-state index in [2.05, 4.69) is 13.2 Å². The fourth-order valence-corrected chi connectivity index (χ4v) is 0.349. The van der Waals surface area contributed by atoms with Gasteiger partial charge >= 0.3 is 0 Å². The zero-order chi connectivity index (χ0) is 6.57. The molecule has 0 N–H and O–H groups in total. The van der Waals surface area contributed by atoms with Gasteiger partial charge in [0.25, 0.3) is 0 Å². The molecule has 44 valence electrons. The third-order valence-electron chi connectivity index (χ3n) is 0.587. The highest BCUT2D eigenvalue weighted by Gasteiger charge is 1.88. The first-order chi connectivity index (χ1) is 3.72. The summed E-state index contributed by atoms with van der Waals surface area (Å²) in [5, 5.41) is 0.864. The molecule has 0 unspecified atom stereocenters. The first kappa shape index (κ1) is 7.80. The van der Waals surface area contributed by atoms with Gasteiger partial charge in [0.15, 0.2) is 0 Å². The van der Waals surface area contributed by atoms with Crippen LogP contribution in [0.5, 0.6) is 0 Å². The maximum atomic E-state index is 5.47. The van der Waals surface area contributed by atoms with Gasteiger partial charge in [0.2, 0.25) is 0 Å². The summed E-state index contributed by atoms with van der Waals surface area (Å²) in [6.45, 7) is 6.82. The minimum Gasteiger partial charge on any atom is -0.0975 e. The predicted molar refractivity (Wildman–Crippen MR) is 39.1 cm³/mol. The van der Waals surface area contributed by atoms with Crippen molar-refractivity contribution in [2.75, 3.05) is 0 Å². The van der Waals surface area contributed by atoms with E-state index in [1.807, 2.05) is 0 Å². The lowest BCUT2D eigenvalue weighted by molar-refractivity contribution is 1.83. The van der Waals surface area contributed by atoms with Crippen LogP contribution in [0.2, 0.25) is 0 Å². The summed E-state index contributed by atoms with van der Waals surface area (Å²) in [5.74, 6) is 0. The lowest BCUT2D eigenvalue weighted by atomic mass is 10.5.